The molecule has 1 saturated heterocycles. The van der Waals surface area contributed by atoms with Crippen molar-refractivity contribution in [1.82, 2.24) is 19.1 Å². The summed E-state index contributed by atoms with van der Waals surface area (Å²) >= 11 is 0. The van der Waals surface area contributed by atoms with E-state index in [1.807, 2.05) is 30.3 Å². The smallest absolute Gasteiger partial charge is 0.339 e. The van der Waals surface area contributed by atoms with Crippen LogP contribution < -0.4 is 21.1 Å². The van der Waals surface area contributed by atoms with E-state index in [4.69, 9.17) is 15.2 Å². The topological polar surface area (TPSA) is 138 Å². The van der Waals surface area contributed by atoms with Gasteiger partial charge in [0.05, 0.1) is 25.0 Å². The lowest BCUT2D eigenvalue weighted by Gasteiger charge is -2.29. The number of quaternary nitrogens is 1. The molecule has 3 aromatic carbocycles. The summed E-state index contributed by atoms with van der Waals surface area (Å²) in [6.07, 6.45) is 5.17. The van der Waals surface area contributed by atoms with Gasteiger partial charge in [-0.25, -0.2) is 24.5 Å². The largest absolute Gasteiger partial charge is 0.457 e. The number of imidazole rings is 1. The van der Waals surface area contributed by atoms with Gasteiger partial charge in [-0.1, -0.05) is 24.3 Å². The number of para-hydroxylation sites is 1. The van der Waals surface area contributed by atoms with Gasteiger partial charge in [-0.3, -0.25) is 9.36 Å². The van der Waals surface area contributed by atoms with Crippen LogP contribution in [0.25, 0.3) is 22.5 Å². The second-order valence-corrected chi connectivity index (χ2v) is 11.0. The number of rotatable bonds is 9. The van der Waals surface area contributed by atoms with E-state index in [1.165, 1.54) is 26.4 Å². The van der Waals surface area contributed by atoms with Crippen LogP contribution in [0.3, 0.4) is 0 Å². The Morgan fingerprint density at radius 1 is 1.07 bits per heavy atom. The SMILES string of the molecule is CN(C(=O)/C=C/C[N+](C)(O)[C@@H]1CCOC1)c1cccc(-n2c(=O)n(-c3ccc(Oc4ccccc4)cc3)c3c(N)ncnc32)c1. The standard InChI is InChI=1S/C33H34N7O5/c1-37(29(41)12-7-18-40(2,43)26-17-19-44-21-26)24-8-6-9-25(20-24)39-32-30(31(34)35-22-36-32)38(33(39)42)23-13-15-28(16-14-23)45-27-10-4-3-5-11-27/h3-16,20,22,26,43H,17-19,21H2,1-2H3,(H2,34,35,36)/q+1/b12-7+/t26-,40?/m1/s1. The van der Waals surface area contributed by atoms with Crippen molar-refractivity contribution in [2.45, 2.75) is 12.5 Å². The molecule has 3 heterocycles. The van der Waals surface area contributed by atoms with Crippen LogP contribution in [0, 0.1) is 0 Å². The van der Waals surface area contributed by atoms with Crippen molar-refractivity contribution < 1.29 is 24.1 Å². The Labute approximate surface area is 259 Å². The Hall–Kier alpha value is -5.30. The molecule has 6 rings (SSSR count). The number of hydrogen-bond acceptors (Lipinski definition) is 8. The lowest BCUT2D eigenvalue weighted by Crippen LogP contribution is -2.50. The van der Waals surface area contributed by atoms with Gasteiger partial charge in [-0.15, -0.1) is 0 Å². The molecule has 1 aliphatic rings. The molecule has 0 aliphatic carbocycles. The summed E-state index contributed by atoms with van der Waals surface area (Å²) in [6.45, 7) is 1.38. The van der Waals surface area contributed by atoms with Crippen molar-refractivity contribution in [1.29, 1.82) is 0 Å². The first-order valence-corrected chi connectivity index (χ1v) is 14.5. The molecular weight excluding hydrogens is 574 g/mol. The van der Waals surface area contributed by atoms with E-state index in [2.05, 4.69) is 9.97 Å². The van der Waals surface area contributed by atoms with Gasteiger partial charge >= 0.3 is 5.69 Å². The number of nitrogens with two attached hydrogens (primary N) is 1. The Morgan fingerprint density at radius 3 is 2.56 bits per heavy atom. The number of hydroxylamine groups is 3. The molecular formula is C33H34N7O5+. The van der Waals surface area contributed by atoms with Crippen LogP contribution in [0.2, 0.25) is 0 Å². The van der Waals surface area contributed by atoms with Crippen molar-refractivity contribution in [2.24, 2.45) is 0 Å². The van der Waals surface area contributed by atoms with Crippen LogP contribution in [0.5, 0.6) is 11.5 Å². The van der Waals surface area contributed by atoms with Crippen LogP contribution in [-0.2, 0) is 9.53 Å². The van der Waals surface area contributed by atoms with E-state index in [1.54, 1.807) is 68.7 Å². The van der Waals surface area contributed by atoms with Crippen molar-refractivity contribution in [3.8, 4) is 22.9 Å². The maximum atomic E-state index is 14.0. The van der Waals surface area contributed by atoms with Crippen LogP contribution in [-0.4, -0.2) is 74.8 Å². The fraction of sp³-hybridized carbons (Fsp3) is 0.212. The van der Waals surface area contributed by atoms with Crippen LogP contribution in [0.1, 0.15) is 6.42 Å². The molecule has 12 heteroatoms. The van der Waals surface area contributed by atoms with Crippen molar-refractivity contribution in [3.05, 3.63) is 108 Å². The summed E-state index contributed by atoms with van der Waals surface area (Å²) < 4.78 is 13.9. The highest BCUT2D eigenvalue weighted by Crippen LogP contribution is 2.27. The Balaban J connectivity index is 1.29. The number of ether oxygens (including phenoxy) is 2. The summed E-state index contributed by atoms with van der Waals surface area (Å²) in [5.74, 6) is 1.16. The molecule has 3 N–H and O–H groups in total. The number of likely N-dealkylation sites (N-methyl/N-ethyl adjacent to an activating group) is 2. The highest BCUT2D eigenvalue weighted by Gasteiger charge is 2.34. The average Bonchev–Trinajstić information content (AvgIpc) is 3.69. The van der Waals surface area contributed by atoms with Crippen LogP contribution in [0.4, 0.5) is 11.5 Å². The van der Waals surface area contributed by atoms with Crippen LogP contribution >= 0.6 is 0 Å². The molecule has 1 unspecified atom stereocenters. The molecule has 230 valence electrons. The number of amides is 1. The molecule has 12 nitrogen and oxygen atoms in total. The predicted molar refractivity (Wildman–Crippen MR) is 170 cm³/mol. The third-order valence-electron chi connectivity index (χ3n) is 7.96. The summed E-state index contributed by atoms with van der Waals surface area (Å²) in [5.41, 5.74) is 8.16. The first-order valence-electron chi connectivity index (χ1n) is 14.5. The number of nitrogen functional groups attached to an aromatic ring is 1. The van der Waals surface area contributed by atoms with Gasteiger partial charge in [0.2, 0.25) is 0 Å². The molecule has 1 fully saturated rings. The first kappa shape index (κ1) is 29.8. The van der Waals surface area contributed by atoms with E-state index in [9.17, 15) is 14.8 Å². The number of anilines is 2. The molecule has 5 aromatic rings. The van der Waals surface area contributed by atoms with Crippen molar-refractivity contribution >= 4 is 28.6 Å². The Bertz CT molecular complexity index is 1910. The molecule has 45 heavy (non-hydrogen) atoms. The minimum atomic E-state index is -0.407. The fourth-order valence-corrected chi connectivity index (χ4v) is 5.36. The third-order valence-corrected chi connectivity index (χ3v) is 7.96. The molecule has 0 bridgehead atoms. The highest BCUT2D eigenvalue weighted by atomic mass is 16.6. The highest BCUT2D eigenvalue weighted by molar-refractivity contribution is 6.01. The quantitative estimate of drug-likeness (QED) is 0.145. The summed E-state index contributed by atoms with van der Waals surface area (Å²) in [4.78, 5) is 37.1. The fourth-order valence-electron chi connectivity index (χ4n) is 5.36. The zero-order valence-corrected chi connectivity index (χ0v) is 25.0. The second-order valence-electron chi connectivity index (χ2n) is 11.0. The number of hydrogen-bond donors (Lipinski definition) is 2. The maximum absolute atomic E-state index is 14.0. The number of benzene rings is 3. The Morgan fingerprint density at radius 2 is 1.82 bits per heavy atom. The minimum Gasteiger partial charge on any atom is -0.457 e. The van der Waals surface area contributed by atoms with E-state index >= 15 is 0 Å². The first-order chi connectivity index (χ1) is 21.7. The average molecular weight is 609 g/mol. The molecule has 1 aliphatic heterocycles. The van der Waals surface area contributed by atoms with Gasteiger partial charge in [0.25, 0.3) is 5.91 Å². The van der Waals surface area contributed by atoms with E-state index in [0.29, 0.717) is 52.9 Å². The molecule has 1 amide bonds. The molecule has 0 saturated carbocycles. The van der Waals surface area contributed by atoms with Gasteiger partial charge in [-0.2, -0.15) is 4.65 Å². The van der Waals surface area contributed by atoms with E-state index < -0.39 is 5.69 Å². The molecule has 0 radical (unpaired) electrons. The summed E-state index contributed by atoms with van der Waals surface area (Å²) in [6, 6.07) is 23.5. The number of aromatic nitrogens is 4. The maximum Gasteiger partial charge on any atom is 0.339 e. The number of nitrogens with zero attached hydrogens (tertiary/aromatic N) is 6. The van der Waals surface area contributed by atoms with Crippen molar-refractivity contribution in [3.63, 3.8) is 0 Å². The molecule has 0 spiro atoms. The second kappa shape index (κ2) is 12.4. The third kappa shape index (κ3) is 6.07. The van der Waals surface area contributed by atoms with Gasteiger partial charge < -0.3 is 20.1 Å². The van der Waals surface area contributed by atoms with E-state index in [0.717, 1.165) is 6.42 Å². The van der Waals surface area contributed by atoms with Gasteiger partial charge in [-0.05, 0) is 60.7 Å². The zero-order valence-electron chi connectivity index (χ0n) is 25.0. The van der Waals surface area contributed by atoms with Gasteiger partial charge in [0, 0.05) is 25.2 Å². The zero-order chi connectivity index (χ0) is 31.6. The number of fused-ring (bicyclic) bond motifs is 1. The number of carbonyl (C=O) groups excluding carboxylic acids is 1. The molecule has 2 aromatic heterocycles. The monoisotopic (exact) mass is 608 g/mol. The van der Waals surface area contributed by atoms with E-state index in [-0.39, 0.29) is 29.0 Å². The van der Waals surface area contributed by atoms with Gasteiger partial charge in [0.1, 0.15) is 42.5 Å². The summed E-state index contributed by atoms with van der Waals surface area (Å²) in [5, 5.41) is 10.8. The molecule has 2 atom stereocenters. The minimum absolute atomic E-state index is 0.0296. The normalized spacial score (nSPS) is 16.2. The number of carbonyl (C=O) groups is 1. The van der Waals surface area contributed by atoms with Crippen LogP contribution in [0.15, 0.2) is 102 Å². The lowest BCUT2D eigenvalue weighted by atomic mass is 10.2. The summed E-state index contributed by atoms with van der Waals surface area (Å²) in [7, 11) is 3.35. The van der Waals surface area contributed by atoms with Crippen molar-refractivity contribution in [2.75, 3.05) is 44.5 Å². The predicted octanol–water partition coefficient (Wildman–Crippen LogP) is 4.09. The Kier molecular flexibility index (Phi) is 8.18. The lowest BCUT2D eigenvalue weighted by molar-refractivity contribution is -1.10. The van der Waals surface area contributed by atoms with Gasteiger partial charge in [0.15, 0.2) is 11.5 Å².